The van der Waals surface area contributed by atoms with Crippen LogP contribution in [0.15, 0.2) is 41.1 Å². The number of alkyl carbamates (subject to hydrolysis) is 1. The number of halogens is 3. The molecule has 7 nitrogen and oxygen atoms in total. The molecule has 1 aromatic carbocycles. The Hall–Kier alpha value is -3.30. The van der Waals surface area contributed by atoms with Crippen molar-refractivity contribution in [2.24, 2.45) is 0 Å². The molecule has 3 rings (SSSR count). The smallest absolute Gasteiger partial charge is 0.416 e. The molecule has 0 spiro atoms. The summed E-state index contributed by atoms with van der Waals surface area (Å²) in [5.41, 5.74) is -0.291. The van der Waals surface area contributed by atoms with E-state index in [1.807, 2.05) is 0 Å². The van der Waals surface area contributed by atoms with Crippen molar-refractivity contribution in [2.45, 2.75) is 45.5 Å². The van der Waals surface area contributed by atoms with Gasteiger partial charge in [-0.2, -0.15) is 13.2 Å². The van der Waals surface area contributed by atoms with Gasteiger partial charge in [0.25, 0.3) is 0 Å². The first-order valence-corrected chi connectivity index (χ1v) is 9.11. The molecular weight excluding hydrogens is 401 g/mol. The topological polar surface area (TPSA) is 93.0 Å². The highest BCUT2D eigenvalue weighted by Crippen LogP contribution is 2.32. The molecule has 0 bridgehead atoms. The minimum Gasteiger partial charge on any atom is -0.444 e. The first-order valence-electron chi connectivity index (χ1n) is 9.11. The van der Waals surface area contributed by atoms with Gasteiger partial charge in [0.15, 0.2) is 11.6 Å². The Morgan fingerprint density at radius 1 is 1.23 bits per heavy atom. The normalized spacial score (nSPS) is 13.2. The van der Waals surface area contributed by atoms with E-state index < -0.39 is 29.5 Å². The summed E-state index contributed by atoms with van der Waals surface area (Å²) in [4.78, 5) is 19.0. The van der Waals surface area contributed by atoms with Crippen LogP contribution in [0, 0.1) is 0 Å². The number of hydrogen-bond donors (Lipinski definition) is 2. The Morgan fingerprint density at radius 3 is 2.63 bits per heavy atom. The number of aromatic amines is 1. The Bertz CT molecular complexity index is 1030. The number of H-pyrrole nitrogens is 1. The molecule has 0 radical (unpaired) electrons. The number of carbonyl (C=O) groups excluding carboxylic acids is 1. The average Bonchev–Trinajstić information content (AvgIpc) is 3.29. The fraction of sp³-hybridized carbons (Fsp3) is 0.350. The van der Waals surface area contributed by atoms with E-state index in [0.29, 0.717) is 28.5 Å². The minimum atomic E-state index is -4.43. The zero-order chi connectivity index (χ0) is 22.1. The van der Waals surface area contributed by atoms with Gasteiger partial charge in [0.05, 0.1) is 23.5 Å². The van der Waals surface area contributed by atoms with Crippen molar-refractivity contribution in [3.8, 4) is 22.8 Å². The van der Waals surface area contributed by atoms with Crippen LogP contribution < -0.4 is 5.32 Å². The summed E-state index contributed by atoms with van der Waals surface area (Å²) >= 11 is 0. The molecule has 0 fully saturated rings. The van der Waals surface area contributed by atoms with E-state index in [4.69, 9.17) is 9.26 Å². The number of ether oxygens (including phenoxy) is 1. The maximum atomic E-state index is 12.9. The van der Waals surface area contributed by atoms with Crippen molar-refractivity contribution < 1.29 is 27.2 Å². The maximum absolute atomic E-state index is 12.9. The zero-order valence-corrected chi connectivity index (χ0v) is 16.8. The van der Waals surface area contributed by atoms with E-state index in [1.165, 1.54) is 12.3 Å². The van der Waals surface area contributed by atoms with Gasteiger partial charge in [0.2, 0.25) is 0 Å². The molecule has 0 saturated carbocycles. The van der Waals surface area contributed by atoms with Crippen molar-refractivity contribution >= 4 is 6.09 Å². The van der Waals surface area contributed by atoms with E-state index >= 15 is 0 Å². The first-order chi connectivity index (χ1) is 13.9. The van der Waals surface area contributed by atoms with Crippen LogP contribution in [0.3, 0.4) is 0 Å². The Morgan fingerprint density at radius 2 is 1.97 bits per heavy atom. The molecule has 2 N–H and O–H groups in total. The number of aromatic nitrogens is 3. The predicted molar refractivity (Wildman–Crippen MR) is 102 cm³/mol. The van der Waals surface area contributed by atoms with Crippen LogP contribution in [-0.4, -0.2) is 26.8 Å². The Kier molecular flexibility index (Phi) is 5.60. The number of nitrogens with zero attached hydrogens (tertiary/aromatic N) is 2. The van der Waals surface area contributed by atoms with E-state index in [2.05, 4.69) is 20.4 Å². The molecule has 1 amide bonds. The lowest BCUT2D eigenvalue weighted by Crippen LogP contribution is -2.33. The second-order valence-corrected chi connectivity index (χ2v) is 7.71. The van der Waals surface area contributed by atoms with Gasteiger partial charge in [-0.1, -0.05) is 17.3 Å². The van der Waals surface area contributed by atoms with Gasteiger partial charge >= 0.3 is 12.3 Å². The molecule has 0 aliphatic carbocycles. The van der Waals surface area contributed by atoms with Crippen LogP contribution in [0.1, 0.15) is 45.1 Å². The lowest BCUT2D eigenvalue weighted by molar-refractivity contribution is -0.137. The number of nitrogens with one attached hydrogen (secondary N) is 2. The van der Waals surface area contributed by atoms with Crippen LogP contribution in [0.5, 0.6) is 0 Å². The SMILES string of the molecule is C[C@@H](NC(=O)OC(C)(C)C)c1cc(-c2ncc(-c3cccc(C(F)(F)F)c3)[nH]2)no1. The summed E-state index contributed by atoms with van der Waals surface area (Å²) in [5.74, 6) is 0.690. The molecule has 1 atom stereocenters. The molecule has 10 heteroatoms. The molecule has 0 unspecified atom stereocenters. The van der Waals surface area contributed by atoms with E-state index in [0.717, 1.165) is 12.1 Å². The number of alkyl halides is 3. The molecule has 2 aromatic heterocycles. The van der Waals surface area contributed by atoms with Gasteiger partial charge in [0.1, 0.15) is 11.3 Å². The molecular formula is C20H21F3N4O3. The second-order valence-electron chi connectivity index (χ2n) is 7.71. The first kappa shape index (κ1) is 21.4. The highest BCUT2D eigenvalue weighted by atomic mass is 19.4. The molecule has 2 heterocycles. The largest absolute Gasteiger partial charge is 0.444 e. The van der Waals surface area contributed by atoms with Crippen molar-refractivity contribution in [1.82, 2.24) is 20.4 Å². The summed E-state index contributed by atoms with van der Waals surface area (Å²) in [5, 5.41) is 6.55. The van der Waals surface area contributed by atoms with Crippen molar-refractivity contribution in [2.75, 3.05) is 0 Å². The fourth-order valence-corrected chi connectivity index (χ4v) is 2.62. The van der Waals surface area contributed by atoms with E-state index in [-0.39, 0.29) is 0 Å². The van der Waals surface area contributed by atoms with Gasteiger partial charge in [-0.05, 0) is 39.8 Å². The molecule has 3 aromatic rings. The van der Waals surface area contributed by atoms with Crippen molar-refractivity contribution in [1.29, 1.82) is 0 Å². The number of imidazole rings is 1. The lowest BCUT2D eigenvalue weighted by atomic mass is 10.1. The average molecular weight is 422 g/mol. The Balaban J connectivity index is 1.74. The highest BCUT2D eigenvalue weighted by molar-refractivity contribution is 5.68. The summed E-state index contributed by atoms with van der Waals surface area (Å²) in [6, 6.07) is 5.99. The third-order valence-electron chi connectivity index (χ3n) is 4.01. The third kappa shape index (κ3) is 5.19. The van der Waals surface area contributed by atoms with Gasteiger partial charge in [-0.15, -0.1) is 0 Å². The summed E-state index contributed by atoms with van der Waals surface area (Å²) in [7, 11) is 0. The van der Waals surface area contributed by atoms with Crippen LogP contribution in [-0.2, 0) is 10.9 Å². The van der Waals surface area contributed by atoms with E-state index in [1.54, 1.807) is 39.8 Å². The number of hydrogen-bond acceptors (Lipinski definition) is 5. The number of carbonyl (C=O) groups is 1. The maximum Gasteiger partial charge on any atom is 0.416 e. The minimum absolute atomic E-state index is 0.321. The van der Waals surface area contributed by atoms with Crippen LogP contribution in [0.25, 0.3) is 22.8 Å². The van der Waals surface area contributed by atoms with Gasteiger partial charge in [-0.3, -0.25) is 0 Å². The van der Waals surface area contributed by atoms with Gasteiger partial charge in [0, 0.05) is 11.6 Å². The fourth-order valence-electron chi connectivity index (χ4n) is 2.62. The second kappa shape index (κ2) is 7.85. The third-order valence-corrected chi connectivity index (χ3v) is 4.01. The predicted octanol–water partition coefficient (Wildman–Crippen LogP) is 5.34. The molecule has 0 saturated heterocycles. The number of rotatable bonds is 4. The van der Waals surface area contributed by atoms with Crippen LogP contribution in [0.2, 0.25) is 0 Å². The number of amides is 1. The summed E-state index contributed by atoms with van der Waals surface area (Å²) < 4.78 is 49.2. The van der Waals surface area contributed by atoms with Gasteiger partial charge in [-0.25, -0.2) is 9.78 Å². The van der Waals surface area contributed by atoms with Crippen LogP contribution in [0.4, 0.5) is 18.0 Å². The zero-order valence-electron chi connectivity index (χ0n) is 16.8. The molecule has 30 heavy (non-hydrogen) atoms. The molecule has 0 aliphatic heterocycles. The number of benzene rings is 1. The highest BCUT2D eigenvalue weighted by Gasteiger charge is 2.30. The van der Waals surface area contributed by atoms with E-state index in [9.17, 15) is 18.0 Å². The molecule has 160 valence electrons. The molecule has 0 aliphatic rings. The monoisotopic (exact) mass is 422 g/mol. The standard InChI is InChI=1S/C20H21F3N4O3/c1-11(25-18(28)29-19(2,3)4)16-9-14(27-30-16)17-24-10-15(26-17)12-6-5-7-13(8-12)20(21,22)23/h5-11H,1-4H3,(H,24,26)(H,25,28)/t11-/m1/s1. The van der Waals surface area contributed by atoms with Crippen molar-refractivity contribution in [3.05, 3.63) is 47.9 Å². The van der Waals surface area contributed by atoms with Gasteiger partial charge < -0.3 is 19.6 Å². The van der Waals surface area contributed by atoms with Crippen molar-refractivity contribution in [3.63, 3.8) is 0 Å². The Labute approximate surface area is 170 Å². The summed E-state index contributed by atoms with van der Waals surface area (Å²) in [6.07, 6.45) is -3.61. The summed E-state index contributed by atoms with van der Waals surface area (Å²) in [6.45, 7) is 6.96. The van der Waals surface area contributed by atoms with Crippen LogP contribution >= 0.6 is 0 Å². The quantitative estimate of drug-likeness (QED) is 0.592. The lowest BCUT2D eigenvalue weighted by Gasteiger charge is -2.21.